The molecular weight excluding hydrogens is 332 g/mol. The van der Waals surface area contributed by atoms with Crippen molar-refractivity contribution in [1.82, 2.24) is 4.98 Å². The fourth-order valence-electron chi connectivity index (χ4n) is 4.71. The number of fused-ring (bicyclic) bond motifs is 2. The number of nitrogens with one attached hydrogen (secondary N) is 2. The third-order valence-electron chi connectivity index (χ3n) is 5.88. The van der Waals surface area contributed by atoms with Gasteiger partial charge in [-0.3, -0.25) is 4.79 Å². The third kappa shape index (κ3) is 2.54. The molecule has 2 unspecified atom stereocenters. The Morgan fingerprint density at radius 3 is 2.44 bits per heavy atom. The van der Waals surface area contributed by atoms with Crippen LogP contribution in [0.5, 0.6) is 0 Å². The predicted molar refractivity (Wildman–Crippen MR) is 109 cm³/mol. The number of allylic oxidation sites excluding steroid dienone is 1. The second-order valence-corrected chi connectivity index (χ2v) is 7.67. The van der Waals surface area contributed by atoms with E-state index in [0.29, 0.717) is 0 Å². The van der Waals surface area contributed by atoms with Gasteiger partial charge in [0.15, 0.2) is 0 Å². The lowest BCUT2D eigenvalue weighted by Crippen LogP contribution is -2.20. The van der Waals surface area contributed by atoms with Crippen LogP contribution in [0.4, 0.5) is 5.69 Å². The summed E-state index contributed by atoms with van der Waals surface area (Å²) in [5, 5.41) is 3.08. The maximum atomic E-state index is 13.0. The molecule has 5 rings (SSSR count). The van der Waals surface area contributed by atoms with Gasteiger partial charge in [-0.2, -0.15) is 0 Å². The number of rotatable bonds is 3. The lowest BCUT2D eigenvalue weighted by molar-refractivity contribution is -0.117. The van der Waals surface area contributed by atoms with E-state index in [1.807, 2.05) is 18.2 Å². The molecule has 1 aliphatic heterocycles. The van der Waals surface area contributed by atoms with Gasteiger partial charge in [0.05, 0.1) is 5.92 Å². The summed E-state index contributed by atoms with van der Waals surface area (Å²) in [6.07, 6.45) is 3.12. The van der Waals surface area contributed by atoms with Gasteiger partial charge in [-0.15, -0.1) is 0 Å². The first-order valence-corrected chi connectivity index (χ1v) is 9.46. The molecule has 1 aliphatic carbocycles. The van der Waals surface area contributed by atoms with Crippen molar-refractivity contribution in [3.63, 3.8) is 0 Å². The van der Waals surface area contributed by atoms with Crippen LogP contribution in [0.3, 0.4) is 0 Å². The Balaban J connectivity index is 1.61. The molecule has 2 aliphatic rings. The predicted octanol–water partition coefficient (Wildman–Crippen LogP) is 5.09. The topological polar surface area (TPSA) is 44.9 Å². The number of aromatic nitrogens is 1. The van der Waals surface area contributed by atoms with Crippen molar-refractivity contribution in [2.24, 2.45) is 0 Å². The zero-order valence-corrected chi connectivity index (χ0v) is 15.5. The molecule has 0 saturated heterocycles. The van der Waals surface area contributed by atoms with Crippen molar-refractivity contribution in [3.8, 4) is 0 Å². The molecule has 2 N–H and O–H groups in total. The minimum Gasteiger partial charge on any atom is -0.362 e. The van der Waals surface area contributed by atoms with Crippen molar-refractivity contribution in [3.05, 3.63) is 93.8 Å². The average molecular weight is 354 g/mol. The van der Waals surface area contributed by atoms with Gasteiger partial charge < -0.3 is 10.3 Å². The van der Waals surface area contributed by atoms with Crippen LogP contribution in [0.15, 0.2) is 60.2 Å². The molecule has 3 heteroatoms. The van der Waals surface area contributed by atoms with Gasteiger partial charge in [0.25, 0.3) is 0 Å². The van der Waals surface area contributed by atoms with E-state index < -0.39 is 0 Å². The lowest BCUT2D eigenvalue weighted by atomic mass is 9.78. The van der Waals surface area contributed by atoms with Crippen LogP contribution in [0.2, 0.25) is 0 Å². The smallest absolute Gasteiger partial charge is 0.232 e. The van der Waals surface area contributed by atoms with Crippen molar-refractivity contribution >= 4 is 17.7 Å². The molecule has 2 aromatic carbocycles. The molecule has 0 radical (unpaired) electrons. The van der Waals surface area contributed by atoms with Gasteiger partial charge in [0.1, 0.15) is 0 Å². The molecule has 1 aromatic heterocycles. The monoisotopic (exact) mass is 354 g/mol. The number of anilines is 1. The van der Waals surface area contributed by atoms with Gasteiger partial charge in [-0.1, -0.05) is 54.1 Å². The molecule has 0 spiro atoms. The Hall–Kier alpha value is -3.07. The Kier molecular flexibility index (Phi) is 3.57. The molecule has 1 amide bonds. The molecule has 134 valence electrons. The van der Waals surface area contributed by atoms with Gasteiger partial charge in [0.2, 0.25) is 5.91 Å². The molecular formula is C24H22N2O. The van der Waals surface area contributed by atoms with E-state index in [2.05, 4.69) is 66.6 Å². The van der Waals surface area contributed by atoms with Crippen molar-refractivity contribution in [2.75, 3.05) is 5.32 Å². The largest absolute Gasteiger partial charge is 0.362 e. The summed E-state index contributed by atoms with van der Waals surface area (Å²) in [5.74, 6) is 0.00325. The van der Waals surface area contributed by atoms with Crippen molar-refractivity contribution < 1.29 is 4.79 Å². The Morgan fingerprint density at radius 2 is 1.67 bits per heavy atom. The van der Waals surface area contributed by atoms with E-state index in [0.717, 1.165) is 17.7 Å². The summed E-state index contributed by atoms with van der Waals surface area (Å²) in [4.78, 5) is 16.4. The van der Waals surface area contributed by atoms with E-state index in [1.165, 1.54) is 33.7 Å². The summed E-state index contributed by atoms with van der Waals surface area (Å²) >= 11 is 0. The number of H-pyrrole nitrogens is 1. The molecule has 0 fully saturated rings. The van der Waals surface area contributed by atoms with Crippen LogP contribution in [0.1, 0.15) is 45.5 Å². The lowest BCUT2D eigenvalue weighted by Gasteiger charge is -2.23. The van der Waals surface area contributed by atoms with Crippen molar-refractivity contribution in [2.45, 2.75) is 32.1 Å². The number of amides is 1. The number of aryl methyl sites for hydroxylation is 2. The molecule has 3 nitrogen and oxygen atoms in total. The SMILES string of the molecule is Cc1cc(C)c(CC2=Cc3ccccc3C2C2C(=O)Nc3ccccc32)[nH]1. The summed E-state index contributed by atoms with van der Waals surface area (Å²) < 4.78 is 0. The highest BCUT2D eigenvalue weighted by molar-refractivity contribution is 6.04. The van der Waals surface area contributed by atoms with E-state index in [4.69, 9.17) is 0 Å². The summed E-state index contributed by atoms with van der Waals surface area (Å²) in [6.45, 7) is 4.24. The second kappa shape index (κ2) is 5.98. The summed E-state index contributed by atoms with van der Waals surface area (Å²) in [7, 11) is 0. The van der Waals surface area contributed by atoms with Gasteiger partial charge in [-0.25, -0.2) is 0 Å². The maximum Gasteiger partial charge on any atom is 0.232 e. The number of hydrogen-bond donors (Lipinski definition) is 2. The fraction of sp³-hybridized carbons (Fsp3) is 0.208. The number of carbonyl (C=O) groups excluding carboxylic acids is 1. The quantitative estimate of drug-likeness (QED) is 0.676. The number of aromatic amines is 1. The third-order valence-corrected chi connectivity index (χ3v) is 5.88. The Bertz CT molecular complexity index is 1090. The first-order chi connectivity index (χ1) is 13.1. The van der Waals surface area contributed by atoms with E-state index in [1.54, 1.807) is 0 Å². The summed E-state index contributed by atoms with van der Waals surface area (Å²) in [5.41, 5.74) is 9.54. The number of hydrogen-bond acceptors (Lipinski definition) is 1. The van der Waals surface area contributed by atoms with E-state index >= 15 is 0 Å². The number of carbonyl (C=O) groups is 1. The molecule has 0 bridgehead atoms. The van der Waals surface area contributed by atoms with Crippen LogP contribution >= 0.6 is 0 Å². The van der Waals surface area contributed by atoms with Gasteiger partial charge in [0, 0.05) is 29.4 Å². The molecule has 3 aromatic rings. The van der Waals surface area contributed by atoms with E-state index in [-0.39, 0.29) is 17.7 Å². The van der Waals surface area contributed by atoms with Crippen LogP contribution in [0.25, 0.3) is 6.08 Å². The highest BCUT2D eigenvalue weighted by Crippen LogP contribution is 2.50. The molecule has 27 heavy (non-hydrogen) atoms. The Morgan fingerprint density at radius 1 is 0.926 bits per heavy atom. The average Bonchev–Trinajstić information content (AvgIpc) is 3.27. The summed E-state index contributed by atoms with van der Waals surface area (Å²) in [6, 6.07) is 18.7. The maximum absolute atomic E-state index is 13.0. The normalized spacial score (nSPS) is 20.2. The molecule has 2 heterocycles. The second-order valence-electron chi connectivity index (χ2n) is 7.67. The highest BCUT2D eigenvalue weighted by Gasteiger charge is 2.41. The first kappa shape index (κ1) is 16.1. The van der Waals surface area contributed by atoms with Crippen molar-refractivity contribution in [1.29, 1.82) is 0 Å². The molecule has 0 saturated carbocycles. The van der Waals surface area contributed by atoms with Crippen LogP contribution in [-0.4, -0.2) is 10.9 Å². The zero-order valence-electron chi connectivity index (χ0n) is 15.5. The molecule has 2 atom stereocenters. The van der Waals surface area contributed by atoms with Gasteiger partial charge >= 0.3 is 0 Å². The minimum absolute atomic E-state index is 0.0767. The minimum atomic E-state index is -0.174. The Labute approximate surface area is 159 Å². The van der Waals surface area contributed by atoms with Crippen LogP contribution in [-0.2, 0) is 11.2 Å². The fourth-order valence-corrected chi connectivity index (χ4v) is 4.71. The number of para-hydroxylation sites is 1. The standard InChI is InChI=1S/C24H22N2O/c1-14-11-15(2)25-21(14)13-17-12-16-7-3-4-8-18(16)22(17)23-19-9-5-6-10-20(19)26-24(23)27/h3-12,22-23,25H,13H2,1-2H3,(H,26,27). The van der Waals surface area contributed by atoms with E-state index in [9.17, 15) is 4.79 Å². The highest BCUT2D eigenvalue weighted by atomic mass is 16.2. The van der Waals surface area contributed by atoms with Crippen LogP contribution in [0, 0.1) is 13.8 Å². The van der Waals surface area contributed by atoms with Gasteiger partial charge in [-0.05, 0) is 48.2 Å². The first-order valence-electron chi connectivity index (χ1n) is 9.46. The zero-order chi connectivity index (χ0) is 18.5. The number of benzene rings is 2. The van der Waals surface area contributed by atoms with Crippen LogP contribution < -0.4 is 5.32 Å².